The summed E-state index contributed by atoms with van der Waals surface area (Å²) in [4.78, 5) is 37.9. The van der Waals surface area contributed by atoms with Crippen LogP contribution in [0, 0.1) is 10.1 Å². The lowest BCUT2D eigenvalue weighted by Crippen LogP contribution is -2.65. The quantitative estimate of drug-likeness (QED) is 0.334. The molecule has 184 valence electrons. The van der Waals surface area contributed by atoms with E-state index in [1.165, 1.54) is 4.90 Å². The van der Waals surface area contributed by atoms with E-state index >= 15 is 0 Å². The predicted octanol–water partition coefficient (Wildman–Crippen LogP) is 2.87. The molecule has 4 atom stereocenters. The van der Waals surface area contributed by atoms with Crippen molar-refractivity contribution in [2.75, 3.05) is 13.2 Å². The summed E-state index contributed by atoms with van der Waals surface area (Å²) in [5.74, 6) is -1.64. The van der Waals surface area contributed by atoms with Crippen LogP contribution >= 0.6 is 0 Å². The first kappa shape index (κ1) is 26.3. The zero-order valence-electron chi connectivity index (χ0n) is 20.2. The Morgan fingerprint density at radius 3 is 2.34 bits per heavy atom. The summed E-state index contributed by atoms with van der Waals surface area (Å²) in [6.45, 7) is 13.8. The predicted molar refractivity (Wildman–Crippen MR) is 112 cm³/mol. The second-order valence-electron chi connectivity index (χ2n) is 9.93. The van der Waals surface area contributed by atoms with Gasteiger partial charge in [-0.15, -0.1) is 0 Å². The van der Waals surface area contributed by atoms with Crippen LogP contribution in [0.2, 0.25) is 0 Å². The number of carbonyl (C=O) groups is 2. The zero-order chi connectivity index (χ0) is 24.5. The van der Waals surface area contributed by atoms with Gasteiger partial charge in [-0.25, -0.2) is 4.79 Å². The summed E-state index contributed by atoms with van der Waals surface area (Å²) in [6, 6.07) is -2.12. The standard InChI is InChI=1S/C21H36N2O9/c1-9-28-15(24)11-10-14-16(23(26)27)17(31-21(7,8)30-14)13-12-29-20(5,6)22(13)18(25)32-19(2,3)4/h13-14,16-17H,9-12H2,1-8H3/t13-,14-,16?,17-/m0/s1. The Hall–Kier alpha value is -1.98. The van der Waals surface area contributed by atoms with Gasteiger partial charge in [-0.3, -0.25) is 19.8 Å². The molecule has 0 aromatic carbocycles. The van der Waals surface area contributed by atoms with E-state index in [4.69, 9.17) is 23.7 Å². The van der Waals surface area contributed by atoms with Crippen LogP contribution in [0.15, 0.2) is 0 Å². The molecule has 1 unspecified atom stereocenters. The van der Waals surface area contributed by atoms with Gasteiger partial charge in [-0.1, -0.05) is 0 Å². The SMILES string of the molecule is CCOC(=O)CC[C@@H]1OC(C)(C)O[C@@H]([C@@H]2COC(C)(C)N2C(=O)OC(C)(C)C)C1[N+](=O)[O-]. The number of nitro groups is 1. The highest BCUT2D eigenvalue weighted by Gasteiger charge is 2.59. The summed E-state index contributed by atoms with van der Waals surface area (Å²) in [6.07, 6.45) is -2.57. The Labute approximate surface area is 188 Å². The maximum absolute atomic E-state index is 13.0. The summed E-state index contributed by atoms with van der Waals surface area (Å²) in [7, 11) is 0. The van der Waals surface area contributed by atoms with Crippen LogP contribution in [0.1, 0.15) is 68.2 Å². The minimum Gasteiger partial charge on any atom is -0.466 e. The number of rotatable bonds is 6. The smallest absolute Gasteiger partial charge is 0.412 e. The largest absolute Gasteiger partial charge is 0.466 e. The van der Waals surface area contributed by atoms with Crippen LogP contribution in [-0.2, 0) is 28.5 Å². The van der Waals surface area contributed by atoms with E-state index in [1.54, 1.807) is 55.4 Å². The number of hydrogen-bond donors (Lipinski definition) is 0. The lowest BCUT2D eigenvalue weighted by Gasteiger charge is -2.45. The van der Waals surface area contributed by atoms with Gasteiger partial charge in [0.25, 0.3) is 6.04 Å². The van der Waals surface area contributed by atoms with Crippen molar-refractivity contribution in [1.29, 1.82) is 0 Å². The van der Waals surface area contributed by atoms with Crippen molar-refractivity contribution in [2.24, 2.45) is 0 Å². The topological polar surface area (TPSA) is 127 Å². The second kappa shape index (κ2) is 9.48. The van der Waals surface area contributed by atoms with E-state index in [0.717, 1.165) is 0 Å². The van der Waals surface area contributed by atoms with E-state index < -0.39 is 58.4 Å². The average Bonchev–Trinajstić information content (AvgIpc) is 2.92. The van der Waals surface area contributed by atoms with Gasteiger partial charge < -0.3 is 23.7 Å². The molecule has 32 heavy (non-hydrogen) atoms. The molecule has 1 amide bonds. The van der Waals surface area contributed by atoms with Gasteiger partial charge in [-0.05, 0) is 61.8 Å². The first-order valence-corrected chi connectivity index (χ1v) is 10.9. The molecule has 11 nitrogen and oxygen atoms in total. The molecule has 0 saturated carbocycles. The van der Waals surface area contributed by atoms with Gasteiger partial charge in [0.2, 0.25) is 0 Å². The average molecular weight is 461 g/mol. The molecule has 2 aliphatic rings. The van der Waals surface area contributed by atoms with Crippen molar-refractivity contribution in [2.45, 2.75) is 110 Å². The number of ether oxygens (including phenoxy) is 5. The molecule has 0 aliphatic carbocycles. The molecule has 2 aliphatic heterocycles. The molecule has 2 heterocycles. The van der Waals surface area contributed by atoms with Gasteiger partial charge in [-0.2, -0.15) is 0 Å². The number of esters is 1. The maximum Gasteiger partial charge on any atom is 0.412 e. The molecule has 0 spiro atoms. The number of nitrogens with zero attached hydrogens (tertiary/aromatic N) is 2. The van der Waals surface area contributed by atoms with Gasteiger partial charge in [0.05, 0.1) is 19.3 Å². The zero-order valence-corrected chi connectivity index (χ0v) is 20.2. The summed E-state index contributed by atoms with van der Waals surface area (Å²) in [5.41, 5.74) is -1.82. The van der Waals surface area contributed by atoms with Gasteiger partial charge in [0, 0.05) is 11.3 Å². The molecule has 0 aromatic heterocycles. The van der Waals surface area contributed by atoms with Crippen LogP contribution in [0.3, 0.4) is 0 Å². The Morgan fingerprint density at radius 2 is 1.81 bits per heavy atom. The number of amides is 1. The molecule has 2 saturated heterocycles. The first-order chi connectivity index (χ1) is 14.6. The van der Waals surface area contributed by atoms with Gasteiger partial charge >= 0.3 is 12.1 Å². The number of hydrogen-bond acceptors (Lipinski definition) is 9. The minimum atomic E-state index is -1.33. The summed E-state index contributed by atoms with van der Waals surface area (Å²) >= 11 is 0. The van der Waals surface area contributed by atoms with E-state index in [0.29, 0.717) is 0 Å². The fourth-order valence-electron chi connectivity index (χ4n) is 4.10. The summed E-state index contributed by atoms with van der Waals surface area (Å²) < 4.78 is 28.2. The molecule has 2 fully saturated rings. The normalized spacial score (nSPS) is 29.4. The minimum absolute atomic E-state index is 0.0297. The fourth-order valence-corrected chi connectivity index (χ4v) is 4.10. The van der Waals surface area contributed by atoms with Crippen LogP contribution in [-0.4, -0.2) is 76.5 Å². The van der Waals surface area contributed by atoms with Crippen molar-refractivity contribution in [3.63, 3.8) is 0 Å². The van der Waals surface area contributed by atoms with Crippen LogP contribution in [0.4, 0.5) is 4.79 Å². The Balaban J connectivity index is 2.36. The molecule has 0 N–H and O–H groups in total. The fraction of sp³-hybridized carbons (Fsp3) is 0.905. The Bertz CT molecular complexity index is 717. The third-order valence-electron chi connectivity index (χ3n) is 5.24. The third kappa shape index (κ3) is 6.29. The first-order valence-electron chi connectivity index (χ1n) is 10.9. The summed E-state index contributed by atoms with van der Waals surface area (Å²) in [5, 5.41) is 12.1. The maximum atomic E-state index is 13.0. The van der Waals surface area contributed by atoms with Crippen molar-refractivity contribution >= 4 is 12.1 Å². The van der Waals surface area contributed by atoms with Crippen molar-refractivity contribution in [3.8, 4) is 0 Å². The Kier molecular flexibility index (Phi) is 7.79. The van der Waals surface area contributed by atoms with Crippen molar-refractivity contribution in [1.82, 2.24) is 4.90 Å². The second-order valence-corrected chi connectivity index (χ2v) is 9.93. The molecule has 0 aromatic rings. The molecule has 0 bridgehead atoms. The van der Waals surface area contributed by atoms with Gasteiger partial charge in [0.15, 0.2) is 11.9 Å². The highest BCUT2D eigenvalue weighted by atomic mass is 16.7. The van der Waals surface area contributed by atoms with E-state index in [1.807, 2.05) is 0 Å². The molecule has 2 rings (SSSR count). The van der Waals surface area contributed by atoms with Crippen LogP contribution in [0.5, 0.6) is 0 Å². The van der Waals surface area contributed by atoms with Crippen LogP contribution in [0.25, 0.3) is 0 Å². The van der Waals surface area contributed by atoms with E-state index in [-0.39, 0.29) is 26.1 Å². The lowest BCUT2D eigenvalue weighted by molar-refractivity contribution is -0.574. The van der Waals surface area contributed by atoms with Crippen molar-refractivity contribution < 1.29 is 38.2 Å². The monoisotopic (exact) mass is 460 g/mol. The third-order valence-corrected chi connectivity index (χ3v) is 5.24. The molecular formula is C21H36N2O9. The molecule has 0 radical (unpaired) electrons. The highest BCUT2D eigenvalue weighted by molar-refractivity contribution is 5.70. The molecular weight excluding hydrogens is 424 g/mol. The van der Waals surface area contributed by atoms with Gasteiger partial charge in [0.1, 0.15) is 17.4 Å². The lowest BCUT2D eigenvalue weighted by atomic mass is 9.93. The molecule has 11 heteroatoms. The van der Waals surface area contributed by atoms with E-state index in [2.05, 4.69) is 0 Å². The number of carbonyl (C=O) groups excluding carboxylic acids is 2. The van der Waals surface area contributed by atoms with E-state index in [9.17, 15) is 19.7 Å². The highest BCUT2D eigenvalue weighted by Crippen LogP contribution is 2.39. The Morgan fingerprint density at radius 1 is 1.19 bits per heavy atom. The van der Waals surface area contributed by atoms with Crippen molar-refractivity contribution in [3.05, 3.63) is 10.1 Å². The van der Waals surface area contributed by atoms with Crippen LogP contribution < -0.4 is 0 Å².